The third-order valence-corrected chi connectivity index (χ3v) is 11.6. The van der Waals surface area contributed by atoms with Crippen LogP contribution in [-0.4, -0.2) is 93.4 Å². The van der Waals surface area contributed by atoms with Crippen molar-refractivity contribution >= 4 is 43.1 Å². The number of piperazine rings is 1. The van der Waals surface area contributed by atoms with E-state index in [1.807, 2.05) is 6.92 Å². The zero-order chi connectivity index (χ0) is 33.4. The van der Waals surface area contributed by atoms with E-state index in [0.717, 1.165) is 68.4 Å². The van der Waals surface area contributed by atoms with Gasteiger partial charge in [-0.15, -0.1) is 11.3 Å². The first-order valence-electron chi connectivity index (χ1n) is 16.6. The van der Waals surface area contributed by atoms with E-state index in [1.54, 1.807) is 6.92 Å². The van der Waals surface area contributed by atoms with Gasteiger partial charge < -0.3 is 25.2 Å². The first-order chi connectivity index (χ1) is 23.1. The third kappa shape index (κ3) is 4.97. The van der Waals surface area contributed by atoms with Crippen molar-refractivity contribution in [2.45, 2.75) is 83.1 Å². The summed E-state index contributed by atoms with van der Waals surface area (Å²) in [4.78, 5) is 21.1. The molecule has 5 atom stereocenters. The van der Waals surface area contributed by atoms with Crippen molar-refractivity contribution in [3.63, 3.8) is 0 Å². The highest BCUT2D eigenvalue weighted by molar-refractivity contribution is 7.23. The molecule has 3 N–H and O–H groups in total. The number of thiophene rings is 1. The molecule has 4 aliphatic heterocycles. The van der Waals surface area contributed by atoms with E-state index in [2.05, 4.69) is 32.8 Å². The minimum Gasteiger partial charge on any atom is -0.459 e. The zero-order valence-electron chi connectivity index (χ0n) is 27.2. The predicted octanol–water partition coefficient (Wildman–Crippen LogP) is 4.56. The number of anilines is 2. The SMILES string of the molecule is CC(Oc1nc(N2C3CCC2CN(C[C@@H](C)O)C3)c2c3c(c(-c4ncc(F)c5sc(N)c(C#N)c45)c(F)c2n1)COC3)C1CCCN1C. The van der Waals surface area contributed by atoms with Gasteiger partial charge in [0.2, 0.25) is 0 Å². The highest BCUT2D eigenvalue weighted by Crippen LogP contribution is 2.48. The number of aromatic nitrogens is 3. The molecule has 3 saturated heterocycles. The molecule has 0 aliphatic carbocycles. The molecule has 4 aliphatic rings. The summed E-state index contributed by atoms with van der Waals surface area (Å²) in [5.41, 5.74) is 7.86. The maximum absolute atomic E-state index is 17.4. The number of hydrogen-bond acceptors (Lipinski definition) is 12. The van der Waals surface area contributed by atoms with Crippen LogP contribution in [0, 0.1) is 23.0 Å². The molecule has 0 amide bonds. The van der Waals surface area contributed by atoms with Crippen LogP contribution < -0.4 is 15.4 Å². The molecule has 7 heterocycles. The number of halogens is 2. The third-order valence-electron chi connectivity index (χ3n) is 10.5. The summed E-state index contributed by atoms with van der Waals surface area (Å²) < 4.78 is 45.0. The number of hydrogen-bond donors (Lipinski definition) is 2. The first kappa shape index (κ1) is 31.5. The van der Waals surface area contributed by atoms with Crippen LogP contribution >= 0.6 is 11.3 Å². The van der Waals surface area contributed by atoms with Crippen molar-refractivity contribution in [1.29, 1.82) is 5.26 Å². The Morgan fingerprint density at radius 1 is 1.15 bits per heavy atom. The molecule has 252 valence electrons. The lowest BCUT2D eigenvalue weighted by Crippen LogP contribution is -2.55. The molecule has 1 aromatic carbocycles. The lowest BCUT2D eigenvalue weighted by molar-refractivity contribution is 0.109. The lowest BCUT2D eigenvalue weighted by Gasteiger charge is -2.42. The largest absolute Gasteiger partial charge is 0.459 e. The molecule has 0 saturated carbocycles. The lowest BCUT2D eigenvalue weighted by atomic mass is 9.93. The van der Waals surface area contributed by atoms with Gasteiger partial charge in [-0.1, -0.05) is 0 Å². The van der Waals surface area contributed by atoms with Crippen LogP contribution in [0.4, 0.5) is 19.6 Å². The smallest absolute Gasteiger partial charge is 0.319 e. The number of nitrogens with two attached hydrogens (primary N) is 1. The number of rotatable bonds is 7. The van der Waals surface area contributed by atoms with Gasteiger partial charge in [0.15, 0.2) is 11.6 Å². The van der Waals surface area contributed by atoms with Crippen molar-refractivity contribution in [3.8, 4) is 23.3 Å². The molecular formula is C34H38F2N8O3S. The molecule has 14 heteroatoms. The Labute approximate surface area is 280 Å². The van der Waals surface area contributed by atoms with E-state index in [0.29, 0.717) is 23.3 Å². The van der Waals surface area contributed by atoms with Gasteiger partial charge in [-0.25, -0.2) is 8.78 Å². The molecular weight excluding hydrogens is 638 g/mol. The van der Waals surface area contributed by atoms with E-state index in [4.69, 9.17) is 25.2 Å². The number of pyridine rings is 1. The summed E-state index contributed by atoms with van der Waals surface area (Å²) in [6.45, 7) is 7.18. The number of aliphatic hydroxyl groups is 1. The van der Waals surface area contributed by atoms with E-state index in [1.165, 1.54) is 0 Å². The molecule has 0 spiro atoms. The normalized spacial score (nSPS) is 24.0. The van der Waals surface area contributed by atoms with Gasteiger partial charge in [-0.3, -0.25) is 14.8 Å². The van der Waals surface area contributed by atoms with Crippen LogP contribution in [0.2, 0.25) is 0 Å². The van der Waals surface area contributed by atoms with Crippen LogP contribution in [0.5, 0.6) is 6.01 Å². The number of nitrogens with zero attached hydrogens (tertiary/aromatic N) is 7. The van der Waals surface area contributed by atoms with Gasteiger partial charge in [0.25, 0.3) is 0 Å². The van der Waals surface area contributed by atoms with Gasteiger partial charge >= 0.3 is 6.01 Å². The van der Waals surface area contributed by atoms with Gasteiger partial charge in [-0.2, -0.15) is 15.2 Å². The van der Waals surface area contributed by atoms with Crippen molar-refractivity contribution in [2.24, 2.45) is 0 Å². The Morgan fingerprint density at radius 2 is 1.90 bits per heavy atom. The fourth-order valence-corrected chi connectivity index (χ4v) is 9.42. The average molecular weight is 677 g/mol. The summed E-state index contributed by atoms with van der Waals surface area (Å²) in [6.07, 6.45) is 4.30. The number of fused-ring (bicyclic) bond motifs is 6. The van der Waals surface area contributed by atoms with Crippen molar-refractivity contribution in [1.82, 2.24) is 24.8 Å². The number of β-amino-alcohol motifs (C(OH)–C–C–N with tert-alkyl or cyclic N) is 1. The quantitative estimate of drug-likeness (QED) is 0.285. The number of ether oxygens (including phenoxy) is 2. The Morgan fingerprint density at radius 3 is 2.58 bits per heavy atom. The van der Waals surface area contributed by atoms with E-state index in [-0.39, 0.29) is 80.9 Å². The maximum Gasteiger partial charge on any atom is 0.319 e. The predicted molar refractivity (Wildman–Crippen MR) is 179 cm³/mol. The molecule has 11 nitrogen and oxygen atoms in total. The second-order valence-electron chi connectivity index (χ2n) is 13.7. The Kier molecular flexibility index (Phi) is 7.88. The monoisotopic (exact) mass is 676 g/mol. The molecule has 0 radical (unpaired) electrons. The Balaban J connectivity index is 1.35. The summed E-state index contributed by atoms with van der Waals surface area (Å²) in [7, 11) is 2.08. The van der Waals surface area contributed by atoms with Gasteiger partial charge in [0.05, 0.1) is 46.9 Å². The summed E-state index contributed by atoms with van der Waals surface area (Å²) in [6, 6.07) is 2.56. The summed E-state index contributed by atoms with van der Waals surface area (Å²) >= 11 is 0.946. The molecule has 3 aromatic heterocycles. The summed E-state index contributed by atoms with van der Waals surface area (Å²) in [5, 5.41) is 21.0. The number of likely N-dealkylation sites (N-methyl/N-ethyl adjacent to an activating group) is 1. The van der Waals surface area contributed by atoms with Gasteiger partial charge in [0.1, 0.15) is 28.5 Å². The van der Waals surface area contributed by atoms with Crippen LogP contribution in [-0.2, 0) is 18.0 Å². The van der Waals surface area contributed by atoms with Gasteiger partial charge in [0, 0.05) is 48.7 Å². The molecule has 48 heavy (non-hydrogen) atoms. The highest BCUT2D eigenvalue weighted by Gasteiger charge is 2.43. The molecule has 2 bridgehead atoms. The van der Waals surface area contributed by atoms with Crippen LogP contribution in [0.25, 0.3) is 32.2 Å². The standard InChI is InChI=1S/C34H38F2N8O3S/c1-16(45)11-43-12-18-6-7-19(13-43)44(18)33-27-22-15-46-14-21(22)25(29-26-20(9-37)32(38)48-31(26)23(35)10-39-29)28(36)30(27)40-34(41-33)47-17(2)24-5-4-8-42(24)3/h10,16-19,24,45H,4-8,11-15,38H2,1-3H3/t16-,17?,18?,19?,24?/m1/s1. The number of nitrogen functional groups attached to an aromatic ring is 1. The van der Waals surface area contributed by atoms with Crippen LogP contribution in [0.3, 0.4) is 0 Å². The average Bonchev–Trinajstić information content (AvgIpc) is 3.83. The number of benzene rings is 1. The second-order valence-corrected chi connectivity index (χ2v) is 14.7. The minimum absolute atomic E-state index is 0.0673. The van der Waals surface area contributed by atoms with Crippen molar-refractivity contribution in [2.75, 3.05) is 43.9 Å². The summed E-state index contributed by atoms with van der Waals surface area (Å²) in [5.74, 6) is -0.659. The van der Waals surface area contributed by atoms with E-state index in [9.17, 15) is 10.4 Å². The van der Waals surface area contributed by atoms with Crippen LogP contribution in [0.1, 0.15) is 56.2 Å². The van der Waals surface area contributed by atoms with Crippen molar-refractivity contribution in [3.05, 3.63) is 34.5 Å². The molecule has 3 fully saturated rings. The minimum atomic E-state index is -0.650. The fourth-order valence-electron chi connectivity index (χ4n) is 8.50. The van der Waals surface area contributed by atoms with Crippen molar-refractivity contribution < 1.29 is 23.4 Å². The molecule has 4 unspecified atom stereocenters. The Bertz CT molecular complexity index is 1970. The zero-order valence-corrected chi connectivity index (χ0v) is 28.0. The Hall–Kier alpha value is -3.74. The second kappa shape index (κ2) is 12.0. The highest BCUT2D eigenvalue weighted by atomic mass is 32.1. The number of nitriles is 1. The topological polar surface area (TPSA) is 137 Å². The molecule has 4 aromatic rings. The van der Waals surface area contributed by atoms with E-state index < -0.39 is 17.7 Å². The van der Waals surface area contributed by atoms with E-state index >= 15 is 8.78 Å². The van der Waals surface area contributed by atoms with Gasteiger partial charge in [-0.05, 0) is 64.3 Å². The number of likely N-dealkylation sites (tertiary alicyclic amines) is 2. The fraction of sp³-hybridized carbons (Fsp3) is 0.529. The molecule has 8 rings (SSSR count). The maximum atomic E-state index is 17.4. The van der Waals surface area contributed by atoms with Crippen LogP contribution in [0.15, 0.2) is 6.20 Å². The first-order valence-corrected chi connectivity index (χ1v) is 17.4. The number of aliphatic hydroxyl groups excluding tert-OH is 1.